The molecule has 0 saturated carbocycles. The highest BCUT2D eigenvalue weighted by Gasteiger charge is 2.24. The van der Waals surface area contributed by atoms with Crippen molar-refractivity contribution in [3.8, 4) is 21.8 Å². The van der Waals surface area contributed by atoms with Crippen LogP contribution in [0.5, 0.6) is 0 Å². The number of rotatable bonds is 5. The number of likely N-dealkylation sites (N-methyl/N-ethyl adjacent to an activating group) is 1. The zero-order valence-electron chi connectivity index (χ0n) is 20.6. The van der Waals surface area contributed by atoms with Gasteiger partial charge >= 0.3 is 0 Å². The number of aromatic nitrogens is 4. The minimum Gasteiger partial charge on any atom is -0.378 e. The number of nitrogens with zero attached hydrogens (tertiary/aromatic N) is 7. The molecule has 0 atom stereocenters. The number of fused-ring (bicyclic) bond motifs is 1. The Kier molecular flexibility index (Phi) is 6.57. The summed E-state index contributed by atoms with van der Waals surface area (Å²) in [7, 11) is 2.20. The number of hydrogen-bond donors (Lipinski definition) is 1. The van der Waals surface area contributed by atoms with Gasteiger partial charge in [-0.05, 0) is 31.0 Å². The summed E-state index contributed by atoms with van der Waals surface area (Å²) in [6, 6.07) is 2.36. The summed E-state index contributed by atoms with van der Waals surface area (Å²) in [5, 5.41) is 2.29. The lowest BCUT2D eigenvalue weighted by Crippen LogP contribution is -2.43. The Balaban J connectivity index is 1.38. The lowest BCUT2D eigenvalue weighted by molar-refractivity contribution is 0.122. The monoisotopic (exact) mass is 522 g/mol. The van der Waals surface area contributed by atoms with Crippen LogP contribution in [0.15, 0.2) is 23.8 Å². The van der Waals surface area contributed by atoms with Crippen LogP contribution in [0.3, 0.4) is 0 Å². The van der Waals surface area contributed by atoms with E-state index in [2.05, 4.69) is 50.1 Å². The van der Waals surface area contributed by atoms with Crippen molar-refractivity contribution in [3.05, 3.63) is 34.3 Å². The van der Waals surface area contributed by atoms with E-state index in [9.17, 15) is 0 Å². The number of morpholine rings is 1. The van der Waals surface area contributed by atoms with E-state index in [0.29, 0.717) is 19.0 Å². The van der Waals surface area contributed by atoms with E-state index in [-0.39, 0.29) is 5.95 Å². The van der Waals surface area contributed by atoms with Gasteiger partial charge in [-0.1, -0.05) is 0 Å². The van der Waals surface area contributed by atoms with Gasteiger partial charge < -0.3 is 20.3 Å². The molecule has 0 radical (unpaired) electrons. The minimum absolute atomic E-state index is 0.243. The topological polar surface area (TPSA) is 96.5 Å². The quantitative estimate of drug-likeness (QED) is 0.423. The molecule has 36 heavy (non-hydrogen) atoms. The van der Waals surface area contributed by atoms with Crippen LogP contribution in [0.4, 0.5) is 11.8 Å². The lowest BCUT2D eigenvalue weighted by atomic mass is 10.1. The van der Waals surface area contributed by atoms with E-state index in [1.807, 2.05) is 11.3 Å². The zero-order chi connectivity index (χ0) is 24.6. The molecule has 2 aliphatic rings. The Morgan fingerprint density at radius 1 is 1.00 bits per heavy atom. The summed E-state index contributed by atoms with van der Waals surface area (Å²) >= 11 is 3.64. The molecule has 6 rings (SSSR count). The van der Waals surface area contributed by atoms with Gasteiger partial charge in [-0.15, -0.1) is 22.7 Å². The molecule has 9 nitrogen and oxygen atoms in total. The Morgan fingerprint density at radius 3 is 2.50 bits per heavy atom. The van der Waals surface area contributed by atoms with Gasteiger partial charge in [-0.2, -0.15) is 0 Å². The van der Waals surface area contributed by atoms with Gasteiger partial charge in [0, 0.05) is 73.5 Å². The number of thiophene rings is 2. The average molecular weight is 523 g/mol. The molecule has 11 heteroatoms. The van der Waals surface area contributed by atoms with Crippen LogP contribution >= 0.6 is 22.7 Å². The normalized spacial score (nSPS) is 17.8. The molecule has 6 heterocycles. The van der Waals surface area contributed by atoms with Crippen LogP contribution in [-0.2, 0) is 11.3 Å². The van der Waals surface area contributed by atoms with Gasteiger partial charge in [0.25, 0.3) is 0 Å². The highest BCUT2D eigenvalue weighted by molar-refractivity contribution is 7.23. The summed E-state index contributed by atoms with van der Waals surface area (Å²) in [5.41, 5.74) is 9.93. The fourth-order valence-electron chi connectivity index (χ4n) is 4.73. The van der Waals surface area contributed by atoms with Crippen molar-refractivity contribution in [1.29, 1.82) is 0 Å². The number of aryl methyl sites for hydroxylation is 1. The number of nitrogen functional groups attached to an aromatic ring is 1. The second kappa shape index (κ2) is 9.98. The predicted molar refractivity (Wildman–Crippen MR) is 147 cm³/mol. The van der Waals surface area contributed by atoms with Crippen LogP contribution in [0.25, 0.3) is 32.0 Å². The Morgan fingerprint density at radius 2 is 1.75 bits per heavy atom. The second-order valence-corrected chi connectivity index (χ2v) is 11.4. The molecule has 0 amide bonds. The van der Waals surface area contributed by atoms with Crippen molar-refractivity contribution in [2.24, 2.45) is 0 Å². The first kappa shape index (κ1) is 23.7. The van der Waals surface area contributed by atoms with Gasteiger partial charge in [0.2, 0.25) is 5.95 Å². The van der Waals surface area contributed by atoms with Gasteiger partial charge in [-0.25, -0.2) is 19.9 Å². The fraction of sp³-hybridized carbons (Fsp3) is 0.440. The number of ether oxygens (including phenoxy) is 1. The lowest BCUT2D eigenvalue weighted by Gasteiger charge is -2.31. The van der Waals surface area contributed by atoms with Crippen LogP contribution in [-0.4, -0.2) is 89.3 Å². The molecule has 4 aromatic rings. The maximum atomic E-state index is 5.71. The van der Waals surface area contributed by atoms with Gasteiger partial charge in [0.1, 0.15) is 0 Å². The van der Waals surface area contributed by atoms with E-state index >= 15 is 0 Å². The first-order valence-electron chi connectivity index (χ1n) is 12.3. The summed E-state index contributed by atoms with van der Waals surface area (Å²) in [6.07, 6.45) is 3.39. The summed E-state index contributed by atoms with van der Waals surface area (Å²) in [6.45, 7) is 10.7. The van der Waals surface area contributed by atoms with Crippen molar-refractivity contribution >= 4 is 44.7 Å². The number of hydrogen-bond acceptors (Lipinski definition) is 11. The van der Waals surface area contributed by atoms with E-state index < -0.39 is 0 Å². The molecule has 2 N–H and O–H groups in total. The van der Waals surface area contributed by atoms with E-state index in [1.165, 1.54) is 20.9 Å². The van der Waals surface area contributed by atoms with Gasteiger partial charge in [0.15, 0.2) is 11.6 Å². The fourth-order valence-corrected chi connectivity index (χ4v) is 6.97. The van der Waals surface area contributed by atoms with Crippen LogP contribution < -0.4 is 10.6 Å². The van der Waals surface area contributed by atoms with E-state index in [4.69, 9.17) is 20.4 Å². The van der Waals surface area contributed by atoms with Gasteiger partial charge in [0.05, 0.1) is 29.0 Å². The van der Waals surface area contributed by atoms with Crippen LogP contribution in [0.1, 0.15) is 10.4 Å². The van der Waals surface area contributed by atoms with Crippen LogP contribution in [0, 0.1) is 6.92 Å². The molecule has 0 unspecified atom stereocenters. The Labute approximate surface area is 218 Å². The molecular weight excluding hydrogens is 492 g/mol. The molecule has 0 spiro atoms. The van der Waals surface area contributed by atoms with Crippen molar-refractivity contribution in [2.75, 3.05) is 70.2 Å². The Bertz CT molecular complexity index is 1350. The molecule has 0 aliphatic carbocycles. The molecule has 2 fully saturated rings. The third kappa shape index (κ3) is 4.69. The zero-order valence-corrected chi connectivity index (χ0v) is 22.2. The number of piperazine rings is 1. The first-order valence-corrected chi connectivity index (χ1v) is 13.9. The predicted octanol–water partition coefficient (Wildman–Crippen LogP) is 3.35. The summed E-state index contributed by atoms with van der Waals surface area (Å²) in [5.74, 6) is 1.83. The highest BCUT2D eigenvalue weighted by Crippen LogP contribution is 2.43. The van der Waals surface area contributed by atoms with Crippen molar-refractivity contribution < 1.29 is 4.74 Å². The van der Waals surface area contributed by atoms with Crippen molar-refractivity contribution in [3.63, 3.8) is 0 Å². The van der Waals surface area contributed by atoms with Gasteiger partial charge in [-0.3, -0.25) is 4.90 Å². The SMILES string of the molecule is Cc1c(-c2csc(CN3CCN(C)CC3)c2)sc2c(N3CCOCC3)nc(-c3cnc(N)nc3)nc12. The van der Waals surface area contributed by atoms with Crippen molar-refractivity contribution in [1.82, 2.24) is 29.7 Å². The number of nitrogens with two attached hydrogens (primary N) is 1. The first-order chi connectivity index (χ1) is 17.5. The molecule has 4 aromatic heterocycles. The maximum Gasteiger partial charge on any atom is 0.219 e. The smallest absolute Gasteiger partial charge is 0.219 e. The van der Waals surface area contributed by atoms with Crippen LogP contribution in [0.2, 0.25) is 0 Å². The molecular formula is C25H30N8OS2. The maximum absolute atomic E-state index is 5.71. The number of anilines is 2. The average Bonchev–Trinajstić information content (AvgIpc) is 3.50. The second-order valence-electron chi connectivity index (χ2n) is 9.42. The molecule has 2 aliphatic heterocycles. The van der Waals surface area contributed by atoms with E-state index in [1.54, 1.807) is 23.7 Å². The largest absolute Gasteiger partial charge is 0.378 e. The third-order valence-corrected chi connectivity index (χ3v) is 9.13. The van der Waals surface area contributed by atoms with Crippen molar-refractivity contribution in [2.45, 2.75) is 13.5 Å². The summed E-state index contributed by atoms with van der Waals surface area (Å²) < 4.78 is 6.73. The molecule has 0 bridgehead atoms. The third-order valence-electron chi connectivity index (χ3n) is 6.88. The molecule has 0 aromatic carbocycles. The molecule has 2 saturated heterocycles. The Hall–Kier alpha value is -2.70. The van der Waals surface area contributed by atoms with E-state index in [0.717, 1.165) is 67.4 Å². The standard InChI is InChI=1S/C25H30N8OS2/c1-16-20-22(36-21(16)17-11-19(35-15-17)14-32-5-3-31(2)4-6-32)24(33-7-9-34-10-8-33)30-23(29-20)18-12-27-25(26)28-13-18/h11-13,15H,3-10,14H2,1-2H3,(H2,26,27,28). The highest BCUT2D eigenvalue weighted by atomic mass is 32.1. The molecule has 188 valence electrons. The summed E-state index contributed by atoms with van der Waals surface area (Å²) in [4.78, 5) is 28.2. The minimum atomic E-state index is 0.243.